The molecule has 3 heterocycles. The third-order valence-corrected chi connectivity index (χ3v) is 8.82. The average molecular weight is 601 g/mol. The predicted molar refractivity (Wildman–Crippen MR) is 168 cm³/mol. The fourth-order valence-electron chi connectivity index (χ4n) is 5.40. The molecule has 0 radical (unpaired) electrons. The number of para-hydroxylation sites is 3. The number of thioether (sulfide) groups is 1. The second-order valence-corrected chi connectivity index (χ2v) is 11.5. The zero-order valence-corrected chi connectivity index (χ0v) is 24.6. The van der Waals surface area contributed by atoms with Crippen molar-refractivity contribution >= 4 is 68.8 Å². The first-order valence-electron chi connectivity index (χ1n) is 13.7. The standard InChI is InChI=1S/C32H29ClN4O4S/c1-21-24(23-9-3-6-12-27(23)36(21)19-22-8-2-4-10-25(22)33)18-29-31(39)37(32(40)42-29)20-30(38)34-26-11-5-7-13-28(26)35-14-16-41-17-15-35/h2-13,18H,14-17,19-20H2,1H3,(H,34,38)/b29-18-. The fourth-order valence-corrected chi connectivity index (χ4v) is 6.42. The molecule has 2 aliphatic heterocycles. The number of hydrogen-bond acceptors (Lipinski definition) is 6. The van der Waals surface area contributed by atoms with E-state index in [0.29, 0.717) is 30.5 Å². The number of anilines is 2. The molecule has 2 aliphatic rings. The first-order chi connectivity index (χ1) is 20.4. The first-order valence-corrected chi connectivity index (χ1v) is 14.9. The van der Waals surface area contributed by atoms with Crippen molar-refractivity contribution in [2.24, 2.45) is 0 Å². The highest BCUT2D eigenvalue weighted by Crippen LogP contribution is 2.36. The van der Waals surface area contributed by atoms with Crippen LogP contribution < -0.4 is 10.2 Å². The molecule has 0 bridgehead atoms. The number of rotatable bonds is 7. The van der Waals surface area contributed by atoms with Crippen LogP contribution >= 0.6 is 23.4 Å². The fraction of sp³-hybridized carbons (Fsp3) is 0.219. The molecule has 2 saturated heterocycles. The van der Waals surface area contributed by atoms with E-state index < -0.39 is 17.1 Å². The van der Waals surface area contributed by atoms with Gasteiger partial charge in [0.25, 0.3) is 11.1 Å². The Balaban J connectivity index is 1.23. The molecule has 0 unspecified atom stereocenters. The van der Waals surface area contributed by atoms with Gasteiger partial charge in [0.15, 0.2) is 0 Å². The highest BCUT2D eigenvalue weighted by molar-refractivity contribution is 8.18. The average Bonchev–Trinajstić information content (AvgIpc) is 3.42. The van der Waals surface area contributed by atoms with Gasteiger partial charge in [0.1, 0.15) is 6.54 Å². The summed E-state index contributed by atoms with van der Waals surface area (Å²) in [5, 5.41) is 4.07. The zero-order valence-electron chi connectivity index (χ0n) is 23.0. The Hall–Kier alpha value is -4.05. The van der Waals surface area contributed by atoms with Gasteiger partial charge in [-0.3, -0.25) is 19.3 Å². The van der Waals surface area contributed by atoms with E-state index in [-0.39, 0.29) is 11.4 Å². The van der Waals surface area contributed by atoms with E-state index in [2.05, 4.69) is 14.8 Å². The minimum Gasteiger partial charge on any atom is -0.378 e. The van der Waals surface area contributed by atoms with Gasteiger partial charge in [-0.1, -0.05) is 60.1 Å². The maximum absolute atomic E-state index is 13.4. The van der Waals surface area contributed by atoms with Crippen LogP contribution in [0.3, 0.4) is 0 Å². The Bertz CT molecular complexity index is 1730. The number of fused-ring (bicyclic) bond motifs is 1. The SMILES string of the molecule is Cc1c(/C=C2\SC(=O)N(CC(=O)Nc3ccccc3N3CCOCC3)C2=O)c2ccccc2n1Cc1ccccc1Cl. The largest absolute Gasteiger partial charge is 0.378 e. The van der Waals surface area contributed by atoms with Gasteiger partial charge in [-0.15, -0.1) is 0 Å². The van der Waals surface area contributed by atoms with Crippen LogP contribution in [0.2, 0.25) is 5.02 Å². The minimum absolute atomic E-state index is 0.283. The Morgan fingerprint density at radius 1 is 1.00 bits per heavy atom. The molecule has 0 saturated carbocycles. The van der Waals surface area contributed by atoms with Gasteiger partial charge in [0, 0.05) is 46.8 Å². The van der Waals surface area contributed by atoms with E-state index in [1.165, 1.54) is 0 Å². The van der Waals surface area contributed by atoms with Gasteiger partial charge in [0.2, 0.25) is 5.91 Å². The van der Waals surface area contributed by atoms with E-state index in [4.69, 9.17) is 16.3 Å². The number of hydrogen-bond donors (Lipinski definition) is 1. The molecule has 42 heavy (non-hydrogen) atoms. The van der Waals surface area contributed by atoms with Crippen LogP contribution in [0.4, 0.5) is 16.2 Å². The number of halogens is 1. The zero-order chi connectivity index (χ0) is 29.2. The van der Waals surface area contributed by atoms with Crippen LogP contribution in [0.1, 0.15) is 16.8 Å². The van der Waals surface area contributed by atoms with Crippen molar-refractivity contribution in [3.05, 3.63) is 99.5 Å². The number of morpholine rings is 1. The van der Waals surface area contributed by atoms with E-state index in [1.807, 2.05) is 79.7 Å². The second kappa shape index (κ2) is 12.1. The van der Waals surface area contributed by atoms with Gasteiger partial charge in [-0.25, -0.2) is 0 Å². The summed E-state index contributed by atoms with van der Waals surface area (Å²) in [6.45, 7) is 4.85. The number of benzene rings is 3. The number of aromatic nitrogens is 1. The first kappa shape index (κ1) is 28.1. The summed E-state index contributed by atoms with van der Waals surface area (Å²) in [6, 6.07) is 23.2. The molecule has 214 valence electrons. The smallest absolute Gasteiger partial charge is 0.294 e. The van der Waals surface area contributed by atoms with E-state index >= 15 is 0 Å². The molecule has 0 spiro atoms. The van der Waals surface area contributed by atoms with Gasteiger partial charge in [0.05, 0.1) is 29.5 Å². The second-order valence-electron chi connectivity index (χ2n) is 10.1. The maximum atomic E-state index is 13.4. The summed E-state index contributed by atoms with van der Waals surface area (Å²) in [6.07, 6.45) is 1.76. The molecule has 3 amide bonds. The number of nitrogens with zero attached hydrogens (tertiary/aromatic N) is 3. The molecular formula is C32H29ClN4O4S. The van der Waals surface area contributed by atoms with Crippen molar-refractivity contribution < 1.29 is 19.1 Å². The summed E-state index contributed by atoms with van der Waals surface area (Å²) < 4.78 is 7.60. The summed E-state index contributed by atoms with van der Waals surface area (Å²) in [7, 11) is 0. The lowest BCUT2D eigenvalue weighted by molar-refractivity contribution is -0.127. The molecule has 1 aromatic heterocycles. The number of carbonyl (C=O) groups excluding carboxylic acids is 3. The van der Waals surface area contributed by atoms with Crippen molar-refractivity contribution in [3.63, 3.8) is 0 Å². The molecule has 8 nitrogen and oxygen atoms in total. The monoisotopic (exact) mass is 600 g/mol. The third kappa shape index (κ3) is 5.55. The Kier molecular flexibility index (Phi) is 8.06. The van der Waals surface area contributed by atoms with E-state index in [1.54, 1.807) is 6.08 Å². The normalized spacial score (nSPS) is 16.6. The van der Waals surface area contributed by atoms with Crippen LogP contribution in [-0.4, -0.2) is 59.4 Å². The van der Waals surface area contributed by atoms with Crippen LogP contribution in [0.25, 0.3) is 17.0 Å². The highest BCUT2D eigenvalue weighted by atomic mass is 35.5. The molecule has 1 N–H and O–H groups in total. The lowest BCUT2D eigenvalue weighted by Gasteiger charge is -2.30. The number of nitrogens with one attached hydrogen (secondary N) is 1. The molecule has 6 rings (SSSR count). The summed E-state index contributed by atoms with van der Waals surface area (Å²) in [5.41, 5.74) is 5.29. The van der Waals surface area contributed by atoms with Crippen molar-refractivity contribution in [2.45, 2.75) is 13.5 Å². The quantitative estimate of drug-likeness (QED) is 0.256. The van der Waals surface area contributed by atoms with E-state index in [9.17, 15) is 14.4 Å². The molecule has 10 heteroatoms. The highest BCUT2D eigenvalue weighted by Gasteiger charge is 2.37. The summed E-state index contributed by atoms with van der Waals surface area (Å²) in [5.74, 6) is -0.921. The van der Waals surface area contributed by atoms with Gasteiger partial charge in [-0.2, -0.15) is 0 Å². The Morgan fingerprint density at radius 3 is 2.52 bits per heavy atom. The summed E-state index contributed by atoms with van der Waals surface area (Å²) in [4.78, 5) is 42.8. The predicted octanol–water partition coefficient (Wildman–Crippen LogP) is 6.16. The minimum atomic E-state index is -0.482. The molecule has 0 aliphatic carbocycles. The maximum Gasteiger partial charge on any atom is 0.294 e. The molecule has 0 atom stereocenters. The van der Waals surface area contributed by atoms with Crippen LogP contribution in [0, 0.1) is 6.92 Å². The van der Waals surface area contributed by atoms with Crippen LogP contribution in [-0.2, 0) is 20.9 Å². The van der Waals surface area contributed by atoms with Crippen molar-refractivity contribution in [2.75, 3.05) is 43.1 Å². The van der Waals surface area contributed by atoms with Gasteiger partial charge >= 0.3 is 0 Å². The molecule has 3 aromatic carbocycles. The van der Waals surface area contributed by atoms with Crippen molar-refractivity contribution in [1.29, 1.82) is 0 Å². The Morgan fingerprint density at radius 2 is 1.71 bits per heavy atom. The Labute approximate surface area is 252 Å². The van der Waals surface area contributed by atoms with Crippen molar-refractivity contribution in [3.8, 4) is 0 Å². The number of imide groups is 1. The number of carbonyl (C=O) groups is 3. The lowest BCUT2D eigenvalue weighted by Crippen LogP contribution is -2.38. The van der Waals surface area contributed by atoms with Crippen molar-refractivity contribution in [1.82, 2.24) is 9.47 Å². The van der Waals surface area contributed by atoms with Crippen LogP contribution in [0.15, 0.2) is 77.7 Å². The molecule has 4 aromatic rings. The van der Waals surface area contributed by atoms with E-state index in [0.717, 1.165) is 63.2 Å². The molecular weight excluding hydrogens is 572 g/mol. The third-order valence-electron chi connectivity index (χ3n) is 7.55. The lowest BCUT2D eigenvalue weighted by atomic mass is 10.1. The summed E-state index contributed by atoms with van der Waals surface area (Å²) >= 11 is 7.31. The van der Waals surface area contributed by atoms with Gasteiger partial charge < -0.3 is 19.5 Å². The number of ether oxygens (including phenoxy) is 1. The topological polar surface area (TPSA) is 83.9 Å². The van der Waals surface area contributed by atoms with Crippen LogP contribution in [0.5, 0.6) is 0 Å². The molecule has 2 fully saturated rings. The van der Waals surface area contributed by atoms with Gasteiger partial charge in [-0.05, 0) is 54.6 Å². The number of amides is 3.